The molecule has 1 N–H and O–H groups in total. The van der Waals surface area contributed by atoms with E-state index in [2.05, 4.69) is 37.8 Å². The molecule has 80 valence electrons. The standard InChI is InChI=1S/C11H16N4/c1-12-9-11-3-2-5-15(11)8-7-14-6-4-13-10-14/h2-6,10,12H,7-9H2,1H3. The van der Waals surface area contributed by atoms with Crippen LogP contribution in [-0.4, -0.2) is 21.2 Å². The molecular formula is C11H16N4. The molecule has 0 radical (unpaired) electrons. The number of nitrogens with zero attached hydrogens (tertiary/aromatic N) is 3. The second-order valence-electron chi connectivity index (χ2n) is 3.52. The summed E-state index contributed by atoms with van der Waals surface area (Å²) in [5, 5.41) is 3.16. The van der Waals surface area contributed by atoms with Gasteiger partial charge in [-0.1, -0.05) is 0 Å². The van der Waals surface area contributed by atoms with Crippen molar-refractivity contribution in [3.8, 4) is 0 Å². The second kappa shape index (κ2) is 4.79. The van der Waals surface area contributed by atoms with Gasteiger partial charge < -0.3 is 14.5 Å². The van der Waals surface area contributed by atoms with Crippen LogP contribution in [0.2, 0.25) is 0 Å². The van der Waals surface area contributed by atoms with Gasteiger partial charge >= 0.3 is 0 Å². The lowest BCUT2D eigenvalue weighted by Gasteiger charge is -2.09. The quantitative estimate of drug-likeness (QED) is 0.791. The molecule has 0 amide bonds. The van der Waals surface area contributed by atoms with Gasteiger partial charge in [0.25, 0.3) is 0 Å². The highest BCUT2D eigenvalue weighted by Crippen LogP contribution is 2.02. The summed E-state index contributed by atoms with van der Waals surface area (Å²) in [6.45, 7) is 2.86. The van der Waals surface area contributed by atoms with Crippen molar-refractivity contribution < 1.29 is 0 Å². The molecule has 0 aliphatic rings. The first-order valence-corrected chi connectivity index (χ1v) is 5.14. The number of hydrogen-bond acceptors (Lipinski definition) is 2. The third-order valence-electron chi connectivity index (χ3n) is 2.44. The van der Waals surface area contributed by atoms with Gasteiger partial charge in [-0.25, -0.2) is 4.98 Å². The highest BCUT2D eigenvalue weighted by atomic mass is 15.1. The maximum absolute atomic E-state index is 4.02. The first-order valence-electron chi connectivity index (χ1n) is 5.14. The Balaban J connectivity index is 1.95. The Hall–Kier alpha value is -1.55. The summed E-state index contributed by atoms with van der Waals surface area (Å²) in [5.41, 5.74) is 1.32. The van der Waals surface area contributed by atoms with Crippen LogP contribution in [0.4, 0.5) is 0 Å². The normalized spacial score (nSPS) is 10.7. The van der Waals surface area contributed by atoms with Crippen molar-refractivity contribution in [3.05, 3.63) is 42.7 Å². The first-order chi connectivity index (χ1) is 7.40. The fourth-order valence-electron chi connectivity index (χ4n) is 1.65. The molecule has 0 fully saturated rings. The predicted molar refractivity (Wildman–Crippen MR) is 59.4 cm³/mol. The number of hydrogen-bond donors (Lipinski definition) is 1. The van der Waals surface area contributed by atoms with Gasteiger partial charge in [-0.3, -0.25) is 0 Å². The summed E-state index contributed by atoms with van der Waals surface area (Å²) < 4.78 is 4.35. The van der Waals surface area contributed by atoms with E-state index < -0.39 is 0 Å². The summed E-state index contributed by atoms with van der Waals surface area (Å²) in [5.74, 6) is 0. The molecule has 0 atom stereocenters. The third-order valence-corrected chi connectivity index (χ3v) is 2.44. The van der Waals surface area contributed by atoms with E-state index in [-0.39, 0.29) is 0 Å². The van der Waals surface area contributed by atoms with Crippen molar-refractivity contribution in [2.45, 2.75) is 19.6 Å². The van der Waals surface area contributed by atoms with Crippen LogP contribution in [0.25, 0.3) is 0 Å². The van der Waals surface area contributed by atoms with Crippen LogP contribution in [0, 0.1) is 0 Å². The molecule has 2 rings (SSSR count). The summed E-state index contributed by atoms with van der Waals surface area (Å²) in [6.07, 6.45) is 7.76. The summed E-state index contributed by atoms with van der Waals surface area (Å²) in [6, 6.07) is 4.23. The van der Waals surface area contributed by atoms with E-state index in [1.54, 1.807) is 0 Å². The van der Waals surface area contributed by atoms with Crippen molar-refractivity contribution in [1.29, 1.82) is 0 Å². The average molecular weight is 204 g/mol. The monoisotopic (exact) mass is 204 g/mol. The van der Waals surface area contributed by atoms with Crippen LogP contribution in [-0.2, 0) is 19.6 Å². The maximum atomic E-state index is 4.02. The molecule has 0 spiro atoms. The van der Waals surface area contributed by atoms with Crippen LogP contribution in [0.5, 0.6) is 0 Å². The van der Waals surface area contributed by atoms with E-state index in [1.807, 2.05) is 25.8 Å². The van der Waals surface area contributed by atoms with Crippen LogP contribution in [0.3, 0.4) is 0 Å². The molecule has 0 aromatic carbocycles. The molecule has 0 unspecified atom stereocenters. The zero-order valence-corrected chi connectivity index (χ0v) is 8.93. The van der Waals surface area contributed by atoms with Gasteiger partial charge in [0, 0.05) is 43.9 Å². The molecule has 2 heterocycles. The highest BCUT2D eigenvalue weighted by molar-refractivity contribution is 5.06. The Labute approximate surface area is 89.6 Å². The fraction of sp³-hybridized carbons (Fsp3) is 0.364. The molecule has 0 aliphatic heterocycles. The summed E-state index contributed by atoms with van der Waals surface area (Å²) in [4.78, 5) is 4.02. The number of aromatic nitrogens is 3. The van der Waals surface area contributed by atoms with Crippen LogP contribution >= 0.6 is 0 Å². The van der Waals surface area contributed by atoms with Crippen molar-refractivity contribution in [2.24, 2.45) is 0 Å². The number of nitrogens with one attached hydrogen (secondary N) is 1. The summed E-state index contributed by atoms with van der Waals surface area (Å²) >= 11 is 0. The van der Waals surface area contributed by atoms with Crippen molar-refractivity contribution in [3.63, 3.8) is 0 Å². The minimum Gasteiger partial charge on any atom is -0.348 e. The van der Waals surface area contributed by atoms with E-state index in [0.29, 0.717) is 0 Å². The van der Waals surface area contributed by atoms with Gasteiger partial charge in [-0.05, 0) is 19.2 Å². The van der Waals surface area contributed by atoms with Gasteiger partial charge in [-0.2, -0.15) is 0 Å². The molecular weight excluding hydrogens is 188 g/mol. The zero-order chi connectivity index (χ0) is 10.5. The van der Waals surface area contributed by atoms with E-state index >= 15 is 0 Å². The molecule has 15 heavy (non-hydrogen) atoms. The maximum Gasteiger partial charge on any atom is 0.0946 e. The molecule has 2 aromatic rings. The van der Waals surface area contributed by atoms with Gasteiger partial charge in [0.05, 0.1) is 6.33 Å². The second-order valence-corrected chi connectivity index (χ2v) is 3.52. The largest absolute Gasteiger partial charge is 0.348 e. The predicted octanol–water partition coefficient (Wildman–Crippen LogP) is 1.10. The molecule has 0 aliphatic carbocycles. The molecule has 4 nitrogen and oxygen atoms in total. The molecule has 2 aromatic heterocycles. The fourth-order valence-corrected chi connectivity index (χ4v) is 1.65. The Morgan fingerprint density at radius 2 is 2.27 bits per heavy atom. The minimum atomic E-state index is 0.914. The van der Waals surface area contributed by atoms with Gasteiger partial charge in [-0.15, -0.1) is 0 Å². The topological polar surface area (TPSA) is 34.8 Å². The Morgan fingerprint density at radius 3 is 3.00 bits per heavy atom. The lowest BCUT2D eigenvalue weighted by molar-refractivity contribution is 0.556. The Bertz CT molecular complexity index is 388. The SMILES string of the molecule is CNCc1cccn1CCn1ccnc1. The molecule has 0 bridgehead atoms. The lowest BCUT2D eigenvalue weighted by atomic mass is 10.4. The van der Waals surface area contributed by atoms with E-state index in [0.717, 1.165) is 19.6 Å². The number of rotatable bonds is 5. The van der Waals surface area contributed by atoms with Gasteiger partial charge in [0.1, 0.15) is 0 Å². The zero-order valence-electron chi connectivity index (χ0n) is 8.93. The van der Waals surface area contributed by atoms with Crippen LogP contribution in [0.15, 0.2) is 37.1 Å². The van der Waals surface area contributed by atoms with Crippen LogP contribution in [0.1, 0.15) is 5.69 Å². The third kappa shape index (κ3) is 2.47. The first kappa shape index (κ1) is 9.98. The summed E-state index contributed by atoms with van der Waals surface area (Å²) in [7, 11) is 1.97. The van der Waals surface area contributed by atoms with E-state index in [4.69, 9.17) is 0 Å². The van der Waals surface area contributed by atoms with Crippen molar-refractivity contribution >= 4 is 0 Å². The van der Waals surface area contributed by atoms with Crippen LogP contribution < -0.4 is 5.32 Å². The number of aryl methyl sites for hydroxylation is 2. The lowest BCUT2D eigenvalue weighted by Crippen LogP contribution is -2.13. The molecule has 0 saturated heterocycles. The van der Waals surface area contributed by atoms with Crippen molar-refractivity contribution in [1.82, 2.24) is 19.4 Å². The highest BCUT2D eigenvalue weighted by Gasteiger charge is 1.99. The minimum absolute atomic E-state index is 0.914. The average Bonchev–Trinajstić information content (AvgIpc) is 2.85. The number of imidazole rings is 1. The van der Waals surface area contributed by atoms with Gasteiger partial charge in [0.15, 0.2) is 0 Å². The van der Waals surface area contributed by atoms with E-state index in [9.17, 15) is 0 Å². The Morgan fingerprint density at radius 1 is 1.33 bits per heavy atom. The molecule has 0 saturated carbocycles. The van der Waals surface area contributed by atoms with Gasteiger partial charge in [0.2, 0.25) is 0 Å². The van der Waals surface area contributed by atoms with Crippen molar-refractivity contribution in [2.75, 3.05) is 7.05 Å². The smallest absolute Gasteiger partial charge is 0.0946 e. The Kier molecular flexibility index (Phi) is 3.19. The molecule has 4 heteroatoms. The van der Waals surface area contributed by atoms with E-state index in [1.165, 1.54) is 5.69 Å².